The summed E-state index contributed by atoms with van der Waals surface area (Å²) < 4.78 is 0. The molecule has 0 amide bonds. The SMILES string of the molecule is CCc1ccnc(-c2cc3c(cc2C)C2(CCCC2)c2ncccc2-3)c1. The normalized spacial score (nSPS) is 16.7. The number of fused-ring (bicyclic) bond motifs is 5. The maximum absolute atomic E-state index is 4.85. The molecule has 5 rings (SSSR count). The standard InChI is InChI=1S/C24H24N2/c1-3-17-8-12-25-22(14-17)19-15-20-18-7-6-11-26-23(18)24(9-4-5-10-24)21(20)13-16(19)2/h6-8,11-15H,3-5,9-10H2,1-2H3. The van der Waals surface area contributed by atoms with Gasteiger partial charge in [-0.3, -0.25) is 9.97 Å². The third-order valence-corrected chi connectivity index (χ3v) is 6.40. The van der Waals surface area contributed by atoms with Crippen molar-refractivity contribution in [1.82, 2.24) is 9.97 Å². The minimum absolute atomic E-state index is 0.147. The summed E-state index contributed by atoms with van der Waals surface area (Å²) in [7, 11) is 0. The molecule has 130 valence electrons. The van der Waals surface area contributed by atoms with Crippen LogP contribution in [0, 0.1) is 6.92 Å². The average Bonchev–Trinajstić information content (AvgIpc) is 3.27. The third-order valence-electron chi connectivity index (χ3n) is 6.40. The summed E-state index contributed by atoms with van der Waals surface area (Å²) >= 11 is 0. The Morgan fingerprint density at radius 3 is 2.58 bits per heavy atom. The highest BCUT2D eigenvalue weighted by Crippen LogP contribution is 2.56. The third kappa shape index (κ3) is 2.11. The number of hydrogen-bond acceptors (Lipinski definition) is 2. The van der Waals surface area contributed by atoms with Gasteiger partial charge in [0, 0.05) is 28.9 Å². The highest BCUT2D eigenvalue weighted by atomic mass is 14.7. The Balaban J connectivity index is 1.75. The van der Waals surface area contributed by atoms with Crippen molar-refractivity contribution >= 4 is 0 Å². The van der Waals surface area contributed by atoms with Gasteiger partial charge >= 0.3 is 0 Å². The van der Waals surface area contributed by atoms with Crippen LogP contribution in [0.4, 0.5) is 0 Å². The van der Waals surface area contributed by atoms with Crippen LogP contribution in [0.15, 0.2) is 48.8 Å². The predicted octanol–water partition coefficient (Wildman–Crippen LogP) is 5.85. The molecule has 2 heterocycles. The Kier molecular flexibility index (Phi) is 3.49. The van der Waals surface area contributed by atoms with Gasteiger partial charge in [-0.05, 0) is 72.7 Å². The molecule has 0 unspecified atom stereocenters. The fourth-order valence-electron chi connectivity index (χ4n) is 5.06. The molecule has 0 N–H and O–H groups in total. The van der Waals surface area contributed by atoms with E-state index in [1.54, 1.807) is 0 Å². The van der Waals surface area contributed by atoms with Gasteiger partial charge in [0.2, 0.25) is 0 Å². The summed E-state index contributed by atoms with van der Waals surface area (Å²) in [6, 6.07) is 13.5. The summed E-state index contributed by atoms with van der Waals surface area (Å²) in [5.41, 5.74) is 10.7. The Bertz CT molecular complexity index is 997. The summed E-state index contributed by atoms with van der Waals surface area (Å²) in [6.45, 7) is 4.43. The predicted molar refractivity (Wildman–Crippen MR) is 106 cm³/mol. The van der Waals surface area contributed by atoms with Crippen LogP contribution in [0.25, 0.3) is 22.4 Å². The van der Waals surface area contributed by atoms with E-state index in [9.17, 15) is 0 Å². The molecule has 0 aliphatic heterocycles. The van der Waals surface area contributed by atoms with Crippen LogP contribution in [-0.2, 0) is 11.8 Å². The zero-order valence-electron chi connectivity index (χ0n) is 15.5. The van der Waals surface area contributed by atoms with Gasteiger partial charge in [-0.25, -0.2) is 0 Å². The minimum atomic E-state index is 0.147. The number of aryl methyl sites for hydroxylation is 2. The van der Waals surface area contributed by atoms with Crippen LogP contribution in [0.1, 0.15) is 55.0 Å². The van der Waals surface area contributed by atoms with Crippen LogP contribution in [0.5, 0.6) is 0 Å². The van der Waals surface area contributed by atoms with Crippen molar-refractivity contribution in [3.8, 4) is 22.4 Å². The van der Waals surface area contributed by atoms with E-state index in [1.165, 1.54) is 64.8 Å². The van der Waals surface area contributed by atoms with Gasteiger partial charge < -0.3 is 0 Å². The van der Waals surface area contributed by atoms with Crippen molar-refractivity contribution in [3.63, 3.8) is 0 Å². The number of nitrogens with zero attached hydrogens (tertiary/aromatic N) is 2. The lowest BCUT2D eigenvalue weighted by molar-refractivity contribution is 0.533. The average molecular weight is 340 g/mol. The van der Waals surface area contributed by atoms with Gasteiger partial charge in [-0.15, -0.1) is 0 Å². The Labute approximate surface area is 155 Å². The molecular weight excluding hydrogens is 316 g/mol. The van der Waals surface area contributed by atoms with Crippen molar-refractivity contribution in [2.24, 2.45) is 0 Å². The Morgan fingerprint density at radius 1 is 0.923 bits per heavy atom. The van der Waals surface area contributed by atoms with Gasteiger partial charge in [0.05, 0.1) is 11.4 Å². The first-order valence-electron chi connectivity index (χ1n) is 9.79. The van der Waals surface area contributed by atoms with Crippen molar-refractivity contribution < 1.29 is 0 Å². The first kappa shape index (κ1) is 15.7. The number of rotatable bonds is 2. The van der Waals surface area contributed by atoms with Crippen LogP contribution in [0.3, 0.4) is 0 Å². The summed E-state index contributed by atoms with van der Waals surface area (Å²) in [4.78, 5) is 9.53. The number of aromatic nitrogens is 2. The molecular formula is C24H24N2. The summed E-state index contributed by atoms with van der Waals surface area (Å²) in [5, 5.41) is 0. The topological polar surface area (TPSA) is 25.8 Å². The molecule has 0 bridgehead atoms. The van der Waals surface area contributed by atoms with Crippen LogP contribution < -0.4 is 0 Å². The van der Waals surface area contributed by atoms with Gasteiger partial charge in [0.25, 0.3) is 0 Å². The molecule has 0 radical (unpaired) electrons. The lowest BCUT2D eigenvalue weighted by Gasteiger charge is -2.25. The molecule has 3 aromatic rings. The van der Waals surface area contributed by atoms with E-state index in [4.69, 9.17) is 4.98 Å². The highest BCUT2D eigenvalue weighted by Gasteiger charge is 2.46. The van der Waals surface area contributed by atoms with Crippen LogP contribution in [-0.4, -0.2) is 9.97 Å². The molecule has 1 saturated carbocycles. The maximum Gasteiger partial charge on any atom is 0.0707 e. The lowest BCUT2D eigenvalue weighted by atomic mass is 9.78. The smallest absolute Gasteiger partial charge is 0.0707 e. The van der Waals surface area contributed by atoms with Crippen LogP contribution >= 0.6 is 0 Å². The number of pyridine rings is 2. The maximum atomic E-state index is 4.85. The zero-order valence-corrected chi connectivity index (χ0v) is 15.5. The second-order valence-corrected chi connectivity index (χ2v) is 7.80. The van der Waals surface area contributed by atoms with E-state index in [0.717, 1.165) is 12.1 Å². The molecule has 2 heteroatoms. The van der Waals surface area contributed by atoms with Gasteiger partial charge in [0.1, 0.15) is 0 Å². The van der Waals surface area contributed by atoms with E-state index in [1.807, 2.05) is 12.4 Å². The van der Waals surface area contributed by atoms with E-state index >= 15 is 0 Å². The van der Waals surface area contributed by atoms with E-state index in [-0.39, 0.29) is 5.41 Å². The molecule has 2 aromatic heterocycles. The van der Waals surface area contributed by atoms with Crippen molar-refractivity contribution in [1.29, 1.82) is 0 Å². The quantitative estimate of drug-likeness (QED) is 0.584. The van der Waals surface area contributed by atoms with E-state index in [0.29, 0.717) is 0 Å². The zero-order chi connectivity index (χ0) is 17.7. The van der Waals surface area contributed by atoms with Crippen molar-refractivity contribution in [2.75, 3.05) is 0 Å². The van der Waals surface area contributed by atoms with E-state index < -0.39 is 0 Å². The van der Waals surface area contributed by atoms with E-state index in [2.05, 4.69) is 55.2 Å². The molecule has 1 spiro atoms. The fraction of sp³-hybridized carbons (Fsp3) is 0.333. The van der Waals surface area contributed by atoms with Gasteiger partial charge in [0.15, 0.2) is 0 Å². The number of hydrogen-bond donors (Lipinski definition) is 0. The van der Waals surface area contributed by atoms with Gasteiger partial charge in [-0.2, -0.15) is 0 Å². The molecule has 2 aliphatic carbocycles. The minimum Gasteiger partial charge on any atom is -0.260 e. The largest absolute Gasteiger partial charge is 0.260 e. The van der Waals surface area contributed by atoms with Crippen molar-refractivity contribution in [3.05, 3.63) is 71.2 Å². The summed E-state index contributed by atoms with van der Waals surface area (Å²) in [5.74, 6) is 0. The lowest BCUT2D eigenvalue weighted by Crippen LogP contribution is -2.21. The fourth-order valence-corrected chi connectivity index (χ4v) is 5.06. The van der Waals surface area contributed by atoms with Gasteiger partial charge in [-0.1, -0.05) is 31.9 Å². The Hall–Kier alpha value is -2.48. The molecule has 1 aromatic carbocycles. The molecule has 0 atom stereocenters. The number of benzene rings is 1. The molecule has 2 aliphatic rings. The highest BCUT2D eigenvalue weighted by molar-refractivity contribution is 5.84. The molecule has 26 heavy (non-hydrogen) atoms. The van der Waals surface area contributed by atoms with Crippen LogP contribution in [0.2, 0.25) is 0 Å². The molecule has 2 nitrogen and oxygen atoms in total. The summed E-state index contributed by atoms with van der Waals surface area (Å²) in [6.07, 6.45) is 10.0. The van der Waals surface area contributed by atoms with Crippen molar-refractivity contribution in [2.45, 2.75) is 51.4 Å². The second-order valence-electron chi connectivity index (χ2n) is 7.80. The molecule has 0 saturated heterocycles. The molecule has 1 fully saturated rings. The first-order chi connectivity index (χ1) is 12.7. The monoisotopic (exact) mass is 340 g/mol. The first-order valence-corrected chi connectivity index (χ1v) is 9.79. The Morgan fingerprint density at radius 2 is 1.77 bits per heavy atom. The second kappa shape index (κ2) is 5.77.